The predicted molar refractivity (Wildman–Crippen MR) is 88.7 cm³/mol. The molecule has 0 aromatic carbocycles. The number of nitrogens with zero attached hydrogens (tertiary/aromatic N) is 2. The van der Waals surface area contributed by atoms with Gasteiger partial charge in [0.15, 0.2) is 0 Å². The minimum absolute atomic E-state index is 0.104. The first-order chi connectivity index (χ1) is 10.0. The molecule has 0 spiro atoms. The van der Waals surface area contributed by atoms with Crippen molar-refractivity contribution in [1.82, 2.24) is 9.97 Å². The number of furan rings is 1. The number of rotatable bonds is 6. The van der Waals surface area contributed by atoms with Crippen molar-refractivity contribution in [2.24, 2.45) is 0 Å². The van der Waals surface area contributed by atoms with Crippen LogP contribution in [0.1, 0.15) is 43.4 Å². The van der Waals surface area contributed by atoms with E-state index in [-0.39, 0.29) is 6.04 Å². The van der Waals surface area contributed by atoms with Crippen LogP contribution in [0.4, 0.5) is 11.8 Å². The van der Waals surface area contributed by atoms with Crippen LogP contribution < -0.4 is 10.6 Å². The largest absolute Gasteiger partial charge is 0.466 e. The second-order valence-corrected chi connectivity index (χ2v) is 5.91. The lowest BCUT2D eigenvalue weighted by Gasteiger charge is -2.15. The Morgan fingerprint density at radius 3 is 2.76 bits per heavy atom. The van der Waals surface area contributed by atoms with Gasteiger partial charge in [0.2, 0.25) is 5.95 Å². The van der Waals surface area contributed by atoms with Crippen molar-refractivity contribution < 1.29 is 4.42 Å². The molecule has 0 aliphatic heterocycles. The molecule has 0 bridgehead atoms. The highest BCUT2D eigenvalue weighted by Gasteiger charge is 2.15. The summed E-state index contributed by atoms with van der Waals surface area (Å²) in [5.41, 5.74) is 1.14. The van der Waals surface area contributed by atoms with Crippen LogP contribution in [-0.2, 0) is 0 Å². The first-order valence-corrected chi connectivity index (χ1v) is 7.90. The Balaban J connectivity index is 2.16. The van der Waals surface area contributed by atoms with E-state index in [1.807, 2.05) is 13.8 Å². The highest BCUT2D eigenvalue weighted by molar-refractivity contribution is 9.10. The third-order valence-electron chi connectivity index (χ3n) is 3.18. The zero-order chi connectivity index (χ0) is 15.4. The standard InChI is InChI=1S/C15H21BrN4O/c1-5-6-17-15-18-8-13(16)14(20-15)19-10(3)12-7-9(2)21-11(12)4/h7-8,10H,5-6H2,1-4H3,(H2,17,18,19,20). The van der Waals surface area contributed by atoms with Gasteiger partial charge in [-0.15, -0.1) is 0 Å². The maximum absolute atomic E-state index is 5.58. The lowest BCUT2D eigenvalue weighted by atomic mass is 10.1. The Morgan fingerprint density at radius 2 is 2.14 bits per heavy atom. The summed E-state index contributed by atoms with van der Waals surface area (Å²) in [5.74, 6) is 3.26. The lowest BCUT2D eigenvalue weighted by molar-refractivity contribution is 0.499. The van der Waals surface area contributed by atoms with Gasteiger partial charge in [0.1, 0.15) is 17.3 Å². The molecule has 0 fully saturated rings. The van der Waals surface area contributed by atoms with Gasteiger partial charge in [-0.1, -0.05) is 6.92 Å². The van der Waals surface area contributed by atoms with E-state index in [1.165, 1.54) is 0 Å². The highest BCUT2D eigenvalue weighted by atomic mass is 79.9. The molecule has 1 atom stereocenters. The third-order valence-corrected chi connectivity index (χ3v) is 3.76. The molecule has 1 unspecified atom stereocenters. The highest BCUT2D eigenvalue weighted by Crippen LogP contribution is 2.28. The summed E-state index contributed by atoms with van der Waals surface area (Å²) in [5, 5.41) is 6.59. The molecule has 2 rings (SSSR count). The van der Waals surface area contributed by atoms with Gasteiger partial charge in [0.05, 0.1) is 10.5 Å². The van der Waals surface area contributed by atoms with Crippen LogP contribution in [-0.4, -0.2) is 16.5 Å². The molecule has 2 heterocycles. The summed E-state index contributed by atoms with van der Waals surface area (Å²) < 4.78 is 6.43. The van der Waals surface area contributed by atoms with Gasteiger partial charge in [0, 0.05) is 18.3 Å². The summed E-state index contributed by atoms with van der Waals surface area (Å²) in [6, 6.07) is 2.16. The van der Waals surface area contributed by atoms with Crippen LogP contribution >= 0.6 is 15.9 Å². The maximum atomic E-state index is 5.58. The zero-order valence-corrected chi connectivity index (χ0v) is 14.4. The molecule has 0 radical (unpaired) electrons. The molecule has 2 aromatic rings. The Morgan fingerprint density at radius 1 is 1.38 bits per heavy atom. The average molecular weight is 353 g/mol. The van der Waals surface area contributed by atoms with Crippen molar-refractivity contribution in [2.45, 2.75) is 40.2 Å². The Kier molecular flexibility index (Phi) is 5.22. The number of nitrogens with one attached hydrogen (secondary N) is 2. The Labute approximate surface area is 133 Å². The SMILES string of the molecule is CCCNc1ncc(Br)c(NC(C)c2cc(C)oc2C)n1. The summed E-state index contributed by atoms with van der Waals surface area (Å²) in [6.07, 6.45) is 2.79. The molecular weight excluding hydrogens is 332 g/mol. The van der Waals surface area contributed by atoms with Crippen molar-refractivity contribution in [3.63, 3.8) is 0 Å². The summed E-state index contributed by atoms with van der Waals surface area (Å²) in [4.78, 5) is 8.75. The molecule has 21 heavy (non-hydrogen) atoms. The molecular formula is C15H21BrN4O. The maximum Gasteiger partial charge on any atom is 0.224 e. The molecule has 2 N–H and O–H groups in total. The van der Waals surface area contributed by atoms with Crippen molar-refractivity contribution in [2.75, 3.05) is 17.2 Å². The predicted octanol–water partition coefficient (Wildman–Crippen LogP) is 4.44. The minimum atomic E-state index is 0.104. The van der Waals surface area contributed by atoms with Crippen LogP contribution in [0.15, 0.2) is 21.2 Å². The van der Waals surface area contributed by atoms with Crippen molar-refractivity contribution >= 4 is 27.7 Å². The number of hydrogen-bond donors (Lipinski definition) is 2. The second-order valence-electron chi connectivity index (χ2n) is 5.05. The first-order valence-electron chi connectivity index (χ1n) is 7.11. The number of hydrogen-bond acceptors (Lipinski definition) is 5. The molecule has 5 nitrogen and oxygen atoms in total. The molecule has 2 aromatic heterocycles. The zero-order valence-electron chi connectivity index (χ0n) is 12.8. The summed E-state index contributed by atoms with van der Waals surface area (Å²) in [6.45, 7) is 8.99. The molecule has 0 amide bonds. The van der Waals surface area contributed by atoms with Gasteiger partial charge in [-0.2, -0.15) is 4.98 Å². The van der Waals surface area contributed by atoms with Gasteiger partial charge in [-0.05, 0) is 49.2 Å². The van der Waals surface area contributed by atoms with Gasteiger partial charge in [-0.25, -0.2) is 4.98 Å². The molecule has 6 heteroatoms. The van der Waals surface area contributed by atoms with Crippen LogP contribution in [0.2, 0.25) is 0 Å². The van der Waals surface area contributed by atoms with Crippen LogP contribution in [0.5, 0.6) is 0 Å². The monoisotopic (exact) mass is 352 g/mol. The van der Waals surface area contributed by atoms with Gasteiger partial charge < -0.3 is 15.1 Å². The number of halogens is 1. The fraction of sp³-hybridized carbons (Fsp3) is 0.467. The van der Waals surface area contributed by atoms with E-state index in [9.17, 15) is 0 Å². The smallest absolute Gasteiger partial charge is 0.224 e. The number of aromatic nitrogens is 2. The molecule has 0 saturated carbocycles. The van der Waals surface area contributed by atoms with Crippen LogP contribution in [0.25, 0.3) is 0 Å². The lowest BCUT2D eigenvalue weighted by Crippen LogP contribution is -2.11. The molecule has 0 aliphatic carbocycles. The van der Waals surface area contributed by atoms with Crippen molar-refractivity contribution in [3.05, 3.63) is 33.8 Å². The fourth-order valence-electron chi connectivity index (χ4n) is 2.15. The van der Waals surface area contributed by atoms with E-state index in [0.717, 1.165) is 40.3 Å². The minimum Gasteiger partial charge on any atom is -0.466 e. The fourth-order valence-corrected chi connectivity index (χ4v) is 2.46. The van der Waals surface area contributed by atoms with Gasteiger partial charge in [-0.3, -0.25) is 0 Å². The van der Waals surface area contributed by atoms with E-state index >= 15 is 0 Å². The van der Waals surface area contributed by atoms with Crippen molar-refractivity contribution in [1.29, 1.82) is 0 Å². The van der Waals surface area contributed by atoms with Crippen LogP contribution in [0, 0.1) is 13.8 Å². The van der Waals surface area contributed by atoms with E-state index in [4.69, 9.17) is 4.42 Å². The molecule has 0 aliphatic rings. The van der Waals surface area contributed by atoms with Gasteiger partial charge in [0.25, 0.3) is 0 Å². The van der Waals surface area contributed by atoms with Crippen molar-refractivity contribution in [3.8, 4) is 0 Å². The molecule has 0 saturated heterocycles. The van der Waals surface area contributed by atoms with E-state index < -0.39 is 0 Å². The molecule has 114 valence electrons. The summed E-state index contributed by atoms with van der Waals surface area (Å²) in [7, 11) is 0. The second kappa shape index (κ2) is 6.93. The normalized spacial score (nSPS) is 12.2. The Hall–Kier alpha value is -1.56. The van der Waals surface area contributed by atoms with E-state index in [1.54, 1.807) is 6.20 Å². The van der Waals surface area contributed by atoms with Crippen LogP contribution in [0.3, 0.4) is 0 Å². The topological polar surface area (TPSA) is 63.0 Å². The first kappa shape index (κ1) is 15.8. The average Bonchev–Trinajstić information content (AvgIpc) is 2.78. The third kappa shape index (κ3) is 3.97. The number of aryl methyl sites for hydroxylation is 2. The van der Waals surface area contributed by atoms with E-state index in [2.05, 4.69) is 56.4 Å². The van der Waals surface area contributed by atoms with E-state index in [0.29, 0.717) is 5.95 Å². The quantitative estimate of drug-likeness (QED) is 0.804. The summed E-state index contributed by atoms with van der Waals surface area (Å²) >= 11 is 3.48. The number of anilines is 2. The van der Waals surface area contributed by atoms with Gasteiger partial charge >= 0.3 is 0 Å². The Bertz CT molecular complexity index is 612.